The first-order chi connectivity index (χ1) is 47.8. The van der Waals surface area contributed by atoms with Gasteiger partial charge in [-0.25, -0.2) is 4.57 Å². The number of esters is 3. The van der Waals surface area contributed by atoms with Gasteiger partial charge >= 0.3 is 25.7 Å². The molecule has 24 nitrogen and oxygen atoms in total. The summed E-state index contributed by atoms with van der Waals surface area (Å²) >= 11 is 0. The maximum atomic E-state index is 14.3. The van der Waals surface area contributed by atoms with E-state index < -0.39 is 156 Å². The number of phosphoric ester groups is 1. The highest BCUT2D eigenvalue weighted by Crippen LogP contribution is 2.49. The molecular formula is C74H135O24P. The maximum Gasteiger partial charge on any atom is 0.472 e. The molecule has 0 aromatic carbocycles. The van der Waals surface area contributed by atoms with Crippen LogP contribution >= 0.6 is 7.82 Å². The fraction of sp³-hybridized carbons (Fsp3) is 0.905. The Labute approximate surface area is 592 Å². The smallest absolute Gasteiger partial charge is 0.463 e. The van der Waals surface area contributed by atoms with Crippen molar-refractivity contribution in [1.82, 2.24) is 0 Å². The molecule has 0 radical (unpaired) electrons. The van der Waals surface area contributed by atoms with E-state index >= 15 is 0 Å². The topological polar surface area (TPSA) is 374 Å². The Bertz CT molecular complexity index is 2140. The molecule has 25 heteroatoms. The van der Waals surface area contributed by atoms with Crippen LogP contribution in [0.4, 0.5) is 0 Å². The van der Waals surface area contributed by atoms with Gasteiger partial charge in [-0.1, -0.05) is 231 Å². The molecule has 0 bridgehead atoms. The summed E-state index contributed by atoms with van der Waals surface area (Å²) in [4.78, 5) is 51.0. The molecule has 2 saturated heterocycles. The van der Waals surface area contributed by atoms with Crippen molar-refractivity contribution < 1.29 is 117 Å². The van der Waals surface area contributed by atoms with Gasteiger partial charge in [-0.3, -0.25) is 23.4 Å². The number of rotatable bonds is 60. The van der Waals surface area contributed by atoms with Crippen LogP contribution in [0.5, 0.6) is 0 Å². The Balaban J connectivity index is 1.73. The number of hydrogen-bond donors (Lipinski definition) is 11. The van der Waals surface area contributed by atoms with Crippen LogP contribution in [0.15, 0.2) is 24.3 Å². The van der Waals surface area contributed by atoms with Gasteiger partial charge in [0, 0.05) is 19.3 Å². The van der Waals surface area contributed by atoms with Crippen LogP contribution < -0.4 is 0 Å². The van der Waals surface area contributed by atoms with Crippen molar-refractivity contribution in [2.24, 2.45) is 0 Å². The number of aliphatic hydroxyl groups is 10. The molecule has 0 aromatic rings. The molecule has 18 atom stereocenters. The van der Waals surface area contributed by atoms with Gasteiger partial charge in [-0.2, -0.15) is 0 Å². The molecule has 18 unspecified atom stereocenters. The number of phosphoric acid groups is 1. The summed E-state index contributed by atoms with van der Waals surface area (Å²) in [5.74, 6) is -2.01. The van der Waals surface area contributed by atoms with Crippen LogP contribution in [0.25, 0.3) is 0 Å². The first-order valence-electron chi connectivity index (χ1n) is 38.6. The number of hydrogen-bond acceptors (Lipinski definition) is 23. The molecule has 3 rings (SSSR count). The van der Waals surface area contributed by atoms with E-state index in [1.807, 2.05) is 0 Å². The highest BCUT2D eigenvalue weighted by atomic mass is 31.2. The molecule has 2 heterocycles. The molecule has 1 aliphatic carbocycles. The Hall–Kier alpha value is -2.56. The van der Waals surface area contributed by atoms with Gasteiger partial charge in [-0.05, 0) is 70.6 Å². The zero-order valence-corrected chi connectivity index (χ0v) is 61.4. The zero-order valence-electron chi connectivity index (χ0n) is 60.5. The first kappa shape index (κ1) is 90.7. The van der Waals surface area contributed by atoms with Gasteiger partial charge in [0.25, 0.3) is 0 Å². The Kier molecular flexibility index (Phi) is 51.2. The minimum atomic E-state index is -5.70. The summed E-state index contributed by atoms with van der Waals surface area (Å²) in [7, 11) is -5.70. The zero-order chi connectivity index (χ0) is 72.5. The standard InChI is InChI=1S/C74H135O24P/c1-4-7-10-13-16-19-22-25-27-29-32-35-38-41-44-47-50-60(78)93-55(52-90-58(76)48-45-42-39-36-33-30-24-21-18-15-12-9-6-3)53-92-99(88,89)98-72-70(96-73-68(86)63(81)61(79)56(51-75)94-73)66(84)65(83)67(85)71(72)97-74-69(87)64(82)62(80)57(95-74)54-91-59(77)49-46-43-40-37-34-31-28-26-23-20-17-14-11-8-5-2/h20,23,30,33,55-57,61-75,79-87H,4-19,21-22,24-29,31-32,34-54H2,1-3H3,(H,88,89)/b23-20-,33-30-. The van der Waals surface area contributed by atoms with Gasteiger partial charge in [0.2, 0.25) is 0 Å². The van der Waals surface area contributed by atoms with Crippen LogP contribution in [0.1, 0.15) is 297 Å². The summed E-state index contributed by atoms with van der Waals surface area (Å²) in [6, 6.07) is 0. The predicted octanol–water partition coefficient (Wildman–Crippen LogP) is 10.9. The van der Waals surface area contributed by atoms with E-state index in [4.69, 9.17) is 42.2 Å². The van der Waals surface area contributed by atoms with Gasteiger partial charge < -0.3 is 89.1 Å². The second-order valence-electron chi connectivity index (χ2n) is 27.7. The minimum absolute atomic E-state index is 0.0232. The van der Waals surface area contributed by atoms with Crippen LogP contribution in [0.3, 0.4) is 0 Å². The molecule has 0 aromatic heterocycles. The van der Waals surface area contributed by atoms with E-state index in [1.165, 1.54) is 122 Å². The lowest BCUT2D eigenvalue weighted by atomic mass is 9.84. The van der Waals surface area contributed by atoms with Crippen molar-refractivity contribution in [3.05, 3.63) is 24.3 Å². The quantitative estimate of drug-likeness (QED) is 0.00886. The van der Waals surface area contributed by atoms with Gasteiger partial charge in [0.15, 0.2) is 18.7 Å². The van der Waals surface area contributed by atoms with E-state index in [9.17, 15) is 74.9 Å². The van der Waals surface area contributed by atoms with E-state index in [0.29, 0.717) is 19.3 Å². The van der Waals surface area contributed by atoms with Crippen molar-refractivity contribution in [2.45, 2.75) is 401 Å². The monoisotopic (exact) mass is 1440 g/mol. The second kappa shape index (κ2) is 55.9. The normalized spacial score (nSPS) is 27.6. The summed E-state index contributed by atoms with van der Waals surface area (Å²) in [5.41, 5.74) is 0. The molecule has 99 heavy (non-hydrogen) atoms. The summed E-state index contributed by atoms with van der Waals surface area (Å²) in [6.45, 7) is 3.42. The van der Waals surface area contributed by atoms with Crippen molar-refractivity contribution in [3.8, 4) is 0 Å². The number of carbonyl (C=O) groups excluding carboxylic acids is 3. The van der Waals surface area contributed by atoms with Crippen molar-refractivity contribution in [2.75, 3.05) is 26.4 Å². The first-order valence-corrected chi connectivity index (χ1v) is 40.1. The average Bonchev–Trinajstić information content (AvgIpc) is 0.762. The molecule has 3 fully saturated rings. The molecule has 580 valence electrons. The van der Waals surface area contributed by atoms with Crippen molar-refractivity contribution >= 4 is 25.7 Å². The molecule has 0 spiro atoms. The fourth-order valence-electron chi connectivity index (χ4n) is 12.6. The SMILES string of the molecule is CCCCCC/C=C\CCCCCCCCCC(=O)OCC1OC(OC2C(O)C(O)C(O)C(OC3OC(CO)C(O)C(O)C3O)C2OP(=O)(O)OCC(COC(=O)CCCCC/C=C\CCCCCCCC)OC(=O)CCCCCCCCCCCCCCCCCC)C(O)C(O)C1O. The van der Waals surface area contributed by atoms with E-state index in [2.05, 4.69) is 45.1 Å². The van der Waals surface area contributed by atoms with Crippen LogP contribution in [-0.4, -0.2) is 204 Å². The van der Waals surface area contributed by atoms with Crippen LogP contribution in [-0.2, 0) is 61.2 Å². The Morgan fingerprint density at radius 1 is 0.384 bits per heavy atom. The molecule has 0 amide bonds. The highest BCUT2D eigenvalue weighted by Gasteiger charge is 2.58. The number of aliphatic hydroxyl groups excluding tert-OH is 10. The predicted molar refractivity (Wildman–Crippen MR) is 374 cm³/mol. The third kappa shape index (κ3) is 38.9. The largest absolute Gasteiger partial charge is 0.472 e. The summed E-state index contributed by atoms with van der Waals surface area (Å²) in [6.07, 6.45) is 16.6. The Morgan fingerprint density at radius 3 is 1.11 bits per heavy atom. The number of allylic oxidation sites excluding steroid dienone is 4. The lowest BCUT2D eigenvalue weighted by Gasteiger charge is -2.49. The minimum Gasteiger partial charge on any atom is -0.463 e. The summed E-state index contributed by atoms with van der Waals surface area (Å²) < 4.78 is 65.0. The van der Waals surface area contributed by atoms with E-state index in [0.717, 1.165) is 116 Å². The lowest BCUT2D eigenvalue weighted by molar-refractivity contribution is -0.360. The van der Waals surface area contributed by atoms with Crippen molar-refractivity contribution in [1.29, 1.82) is 0 Å². The maximum absolute atomic E-state index is 14.3. The van der Waals surface area contributed by atoms with Gasteiger partial charge in [0.1, 0.15) is 98.7 Å². The van der Waals surface area contributed by atoms with Gasteiger partial charge in [-0.15, -0.1) is 0 Å². The number of unbranched alkanes of at least 4 members (excludes halogenated alkanes) is 35. The third-order valence-electron chi connectivity index (χ3n) is 19.0. The molecular weight excluding hydrogens is 1300 g/mol. The van der Waals surface area contributed by atoms with E-state index in [1.54, 1.807) is 0 Å². The summed E-state index contributed by atoms with van der Waals surface area (Å²) in [5, 5.41) is 110. The molecule has 3 aliphatic rings. The second-order valence-corrected chi connectivity index (χ2v) is 29.1. The third-order valence-corrected chi connectivity index (χ3v) is 19.9. The molecule has 2 aliphatic heterocycles. The molecule has 1 saturated carbocycles. The number of ether oxygens (including phenoxy) is 7. The van der Waals surface area contributed by atoms with E-state index in [-0.39, 0.29) is 19.3 Å². The van der Waals surface area contributed by atoms with Gasteiger partial charge in [0.05, 0.1) is 13.2 Å². The average molecular weight is 1440 g/mol. The van der Waals surface area contributed by atoms with Crippen LogP contribution in [0.2, 0.25) is 0 Å². The van der Waals surface area contributed by atoms with Crippen molar-refractivity contribution in [3.63, 3.8) is 0 Å². The van der Waals surface area contributed by atoms with Crippen LogP contribution in [0, 0.1) is 0 Å². The highest BCUT2D eigenvalue weighted by molar-refractivity contribution is 7.47. The Morgan fingerprint density at radius 2 is 0.707 bits per heavy atom. The molecule has 11 N–H and O–H groups in total. The number of carbonyl (C=O) groups is 3. The lowest BCUT2D eigenvalue weighted by Crippen LogP contribution is -2.69. The fourth-order valence-corrected chi connectivity index (χ4v) is 13.6.